The standard InChI is InChI=1S/C13H16N4O2/c18-10(9-4-1-2-5-9)8-11-16-13(17-19-11)12-14-6-3-7-15-12/h3,6-7,9-10,18H,1-2,4-5,8H2. The van der Waals surface area contributed by atoms with Gasteiger partial charge in [-0.25, -0.2) is 9.97 Å². The van der Waals surface area contributed by atoms with Crippen molar-refractivity contribution in [3.05, 3.63) is 24.4 Å². The van der Waals surface area contributed by atoms with Crippen LogP contribution < -0.4 is 0 Å². The van der Waals surface area contributed by atoms with E-state index in [9.17, 15) is 5.11 Å². The van der Waals surface area contributed by atoms with Crippen LogP contribution in [0.1, 0.15) is 31.6 Å². The highest BCUT2D eigenvalue weighted by Gasteiger charge is 2.25. The van der Waals surface area contributed by atoms with Gasteiger partial charge in [0.2, 0.25) is 17.5 Å². The zero-order chi connectivity index (χ0) is 13.1. The third-order valence-corrected chi connectivity index (χ3v) is 3.56. The largest absolute Gasteiger partial charge is 0.392 e. The van der Waals surface area contributed by atoms with Gasteiger partial charge in [0.15, 0.2) is 0 Å². The molecule has 19 heavy (non-hydrogen) atoms. The number of rotatable bonds is 4. The van der Waals surface area contributed by atoms with Crippen molar-refractivity contribution >= 4 is 0 Å². The van der Waals surface area contributed by atoms with Crippen LogP contribution in [0.3, 0.4) is 0 Å². The molecule has 0 bridgehead atoms. The molecule has 6 nitrogen and oxygen atoms in total. The molecule has 1 fully saturated rings. The maximum absolute atomic E-state index is 10.1. The van der Waals surface area contributed by atoms with Crippen molar-refractivity contribution in [2.45, 2.75) is 38.2 Å². The molecular formula is C13H16N4O2. The lowest BCUT2D eigenvalue weighted by atomic mass is 9.98. The van der Waals surface area contributed by atoms with Crippen molar-refractivity contribution in [2.75, 3.05) is 0 Å². The first kappa shape index (κ1) is 12.2. The van der Waals surface area contributed by atoms with Crippen LogP contribution in [0.25, 0.3) is 11.6 Å². The van der Waals surface area contributed by atoms with Crippen LogP contribution in [0.2, 0.25) is 0 Å². The lowest BCUT2D eigenvalue weighted by molar-refractivity contribution is 0.102. The number of hydrogen-bond acceptors (Lipinski definition) is 6. The second-order valence-corrected chi connectivity index (χ2v) is 4.90. The van der Waals surface area contributed by atoms with E-state index in [-0.39, 0.29) is 0 Å². The summed E-state index contributed by atoms with van der Waals surface area (Å²) >= 11 is 0. The molecule has 6 heteroatoms. The van der Waals surface area contributed by atoms with Crippen molar-refractivity contribution in [2.24, 2.45) is 5.92 Å². The van der Waals surface area contributed by atoms with E-state index in [1.807, 2.05) is 0 Å². The second kappa shape index (κ2) is 5.44. The van der Waals surface area contributed by atoms with E-state index in [0.29, 0.717) is 29.9 Å². The molecule has 0 aliphatic heterocycles. The molecule has 1 aliphatic carbocycles. The summed E-state index contributed by atoms with van der Waals surface area (Å²) in [5.41, 5.74) is 0. The van der Waals surface area contributed by atoms with Gasteiger partial charge in [0, 0.05) is 12.4 Å². The second-order valence-electron chi connectivity index (χ2n) is 4.90. The molecular weight excluding hydrogens is 244 g/mol. The average Bonchev–Trinajstić information content (AvgIpc) is 3.11. The molecule has 0 amide bonds. The molecule has 100 valence electrons. The van der Waals surface area contributed by atoms with Gasteiger partial charge in [0.25, 0.3) is 0 Å². The lowest BCUT2D eigenvalue weighted by Gasteiger charge is -2.14. The van der Waals surface area contributed by atoms with Gasteiger partial charge in [-0.15, -0.1) is 0 Å². The molecule has 0 spiro atoms. The summed E-state index contributed by atoms with van der Waals surface area (Å²) in [6.07, 6.45) is 7.85. The number of nitrogens with zero attached hydrogens (tertiary/aromatic N) is 4. The Morgan fingerprint density at radius 2 is 1.95 bits per heavy atom. The van der Waals surface area contributed by atoms with E-state index in [4.69, 9.17) is 4.52 Å². The lowest BCUT2D eigenvalue weighted by Crippen LogP contribution is -2.20. The normalized spacial score (nSPS) is 17.7. The van der Waals surface area contributed by atoms with Crippen LogP contribution in [0.5, 0.6) is 0 Å². The Bertz CT molecular complexity index is 522. The Kier molecular flexibility index (Phi) is 3.50. The minimum Gasteiger partial charge on any atom is -0.392 e. The van der Waals surface area contributed by atoms with E-state index < -0.39 is 6.10 Å². The molecule has 0 saturated heterocycles. The fourth-order valence-electron chi connectivity index (χ4n) is 2.53. The highest BCUT2D eigenvalue weighted by Crippen LogP contribution is 2.29. The van der Waals surface area contributed by atoms with Gasteiger partial charge < -0.3 is 9.63 Å². The van der Waals surface area contributed by atoms with Crippen molar-refractivity contribution < 1.29 is 9.63 Å². The number of aliphatic hydroxyl groups is 1. The summed E-state index contributed by atoms with van der Waals surface area (Å²) in [7, 11) is 0. The van der Waals surface area contributed by atoms with E-state index in [0.717, 1.165) is 12.8 Å². The Balaban J connectivity index is 1.68. The predicted molar refractivity (Wildman–Crippen MR) is 67.0 cm³/mol. The maximum Gasteiger partial charge on any atom is 0.240 e. The Morgan fingerprint density at radius 1 is 1.21 bits per heavy atom. The molecule has 1 saturated carbocycles. The molecule has 1 N–H and O–H groups in total. The van der Waals surface area contributed by atoms with Gasteiger partial charge in [-0.3, -0.25) is 0 Å². The fraction of sp³-hybridized carbons (Fsp3) is 0.538. The Hall–Kier alpha value is -1.82. The van der Waals surface area contributed by atoms with Crippen LogP contribution >= 0.6 is 0 Å². The summed E-state index contributed by atoms with van der Waals surface area (Å²) < 4.78 is 5.15. The topological polar surface area (TPSA) is 84.9 Å². The molecule has 1 aliphatic rings. The van der Waals surface area contributed by atoms with Crippen molar-refractivity contribution in [1.29, 1.82) is 0 Å². The predicted octanol–water partition coefficient (Wildman–Crippen LogP) is 1.62. The highest BCUT2D eigenvalue weighted by molar-refractivity contribution is 5.40. The summed E-state index contributed by atoms with van der Waals surface area (Å²) in [6, 6.07) is 1.73. The quantitative estimate of drug-likeness (QED) is 0.899. The first-order chi connectivity index (χ1) is 9.33. The van der Waals surface area contributed by atoms with E-state index in [1.54, 1.807) is 18.5 Å². The first-order valence-electron chi connectivity index (χ1n) is 6.61. The summed E-state index contributed by atoms with van der Waals surface area (Å²) in [5.74, 6) is 1.62. The highest BCUT2D eigenvalue weighted by atomic mass is 16.5. The SMILES string of the molecule is OC(Cc1nc(-c2ncccn2)no1)C1CCCC1. The Morgan fingerprint density at radius 3 is 2.68 bits per heavy atom. The molecule has 0 radical (unpaired) electrons. The summed E-state index contributed by atoms with van der Waals surface area (Å²) in [6.45, 7) is 0. The molecule has 0 aromatic carbocycles. The Labute approximate surface area is 110 Å². The molecule has 2 heterocycles. The minimum absolute atomic E-state index is 0.364. The fourth-order valence-corrected chi connectivity index (χ4v) is 2.53. The van der Waals surface area contributed by atoms with Crippen LogP contribution in [-0.4, -0.2) is 31.3 Å². The van der Waals surface area contributed by atoms with Crippen molar-refractivity contribution in [3.8, 4) is 11.6 Å². The number of aromatic nitrogens is 4. The van der Waals surface area contributed by atoms with E-state index in [1.165, 1.54) is 12.8 Å². The third-order valence-electron chi connectivity index (χ3n) is 3.56. The number of aliphatic hydroxyl groups excluding tert-OH is 1. The molecule has 2 aromatic rings. The van der Waals surface area contributed by atoms with Gasteiger partial charge in [-0.05, 0) is 24.8 Å². The third kappa shape index (κ3) is 2.78. The summed E-state index contributed by atoms with van der Waals surface area (Å²) in [4.78, 5) is 12.3. The number of hydrogen-bond donors (Lipinski definition) is 1. The van der Waals surface area contributed by atoms with Crippen LogP contribution in [0.4, 0.5) is 0 Å². The van der Waals surface area contributed by atoms with Crippen molar-refractivity contribution in [1.82, 2.24) is 20.1 Å². The van der Waals surface area contributed by atoms with Gasteiger partial charge in [0.1, 0.15) is 0 Å². The molecule has 1 unspecified atom stereocenters. The van der Waals surface area contributed by atoms with E-state index in [2.05, 4.69) is 20.1 Å². The van der Waals surface area contributed by atoms with Gasteiger partial charge in [0.05, 0.1) is 12.5 Å². The zero-order valence-corrected chi connectivity index (χ0v) is 10.6. The van der Waals surface area contributed by atoms with Crippen LogP contribution in [0.15, 0.2) is 23.0 Å². The van der Waals surface area contributed by atoms with Gasteiger partial charge in [-0.1, -0.05) is 18.0 Å². The molecule has 3 rings (SSSR count). The van der Waals surface area contributed by atoms with Crippen LogP contribution in [-0.2, 0) is 6.42 Å². The van der Waals surface area contributed by atoms with Crippen molar-refractivity contribution in [3.63, 3.8) is 0 Å². The molecule has 2 aromatic heterocycles. The summed E-state index contributed by atoms with van der Waals surface area (Å²) in [5, 5.41) is 14.0. The van der Waals surface area contributed by atoms with Gasteiger partial charge >= 0.3 is 0 Å². The molecule has 1 atom stereocenters. The average molecular weight is 260 g/mol. The van der Waals surface area contributed by atoms with Gasteiger partial charge in [-0.2, -0.15) is 4.98 Å². The maximum atomic E-state index is 10.1. The monoisotopic (exact) mass is 260 g/mol. The van der Waals surface area contributed by atoms with Crippen LogP contribution in [0, 0.1) is 5.92 Å². The van der Waals surface area contributed by atoms with E-state index >= 15 is 0 Å². The zero-order valence-electron chi connectivity index (χ0n) is 10.6. The minimum atomic E-state index is -0.396. The smallest absolute Gasteiger partial charge is 0.240 e. The first-order valence-corrected chi connectivity index (χ1v) is 6.61.